The van der Waals surface area contributed by atoms with Crippen LogP contribution >= 0.6 is 39.0 Å². The number of hydrogen-bond donors (Lipinski definition) is 1. The highest BCUT2D eigenvalue weighted by molar-refractivity contribution is 9.10. The Balaban J connectivity index is 1.63. The maximum absolute atomic E-state index is 6.23. The van der Waals surface area contributed by atoms with Gasteiger partial charge in [-0.25, -0.2) is 0 Å². The Hall–Kier alpha value is -1.56. The fraction of sp³-hybridized carbons (Fsp3) is 0.261. The van der Waals surface area contributed by atoms with E-state index in [9.17, 15) is 0 Å². The van der Waals surface area contributed by atoms with E-state index in [0.29, 0.717) is 5.92 Å². The number of fused-ring (bicyclic) bond motifs is 2. The van der Waals surface area contributed by atoms with Crippen molar-refractivity contribution in [2.45, 2.75) is 30.7 Å². The lowest BCUT2D eigenvalue weighted by atomic mass is 9.71. The number of amidine groups is 1. The highest BCUT2D eigenvalue weighted by Crippen LogP contribution is 2.52. The SMILES string of the molecule is NC1=NC2(CCS1)C[C@@H](c1ccccc1)Cc1sc(-c3cccc(Br)c3)cc12. The zero-order valence-electron chi connectivity index (χ0n) is 15.4. The maximum Gasteiger partial charge on any atom is 0.154 e. The van der Waals surface area contributed by atoms with Crippen molar-refractivity contribution in [3.8, 4) is 10.4 Å². The van der Waals surface area contributed by atoms with Crippen LogP contribution in [0.1, 0.15) is 34.8 Å². The van der Waals surface area contributed by atoms with Crippen LogP contribution in [0, 0.1) is 0 Å². The van der Waals surface area contributed by atoms with Gasteiger partial charge in [-0.2, -0.15) is 0 Å². The van der Waals surface area contributed by atoms with E-state index in [4.69, 9.17) is 10.7 Å². The molecular weight excluding hydrogens is 448 g/mol. The lowest BCUT2D eigenvalue weighted by molar-refractivity contribution is 0.338. The molecule has 0 radical (unpaired) electrons. The molecule has 3 aromatic rings. The van der Waals surface area contributed by atoms with Crippen LogP contribution in [-0.4, -0.2) is 10.9 Å². The van der Waals surface area contributed by atoms with Crippen molar-refractivity contribution in [3.05, 3.63) is 81.1 Å². The van der Waals surface area contributed by atoms with Gasteiger partial charge in [0.05, 0.1) is 5.54 Å². The van der Waals surface area contributed by atoms with E-state index >= 15 is 0 Å². The predicted molar refractivity (Wildman–Crippen MR) is 125 cm³/mol. The number of aliphatic imine (C=N–C) groups is 1. The zero-order chi connectivity index (χ0) is 19.1. The Labute approximate surface area is 182 Å². The van der Waals surface area contributed by atoms with Crippen LogP contribution in [0.15, 0.2) is 70.1 Å². The fourth-order valence-corrected chi connectivity index (χ4v) is 7.12. The molecule has 0 saturated carbocycles. The van der Waals surface area contributed by atoms with Gasteiger partial charge in [0.25, 0.3) is 0 Å². The standard InChI is InChI=1S/C23H21BrN2S2/c24-18-8-4-7-16(11-18)20-13-19-21(28-20)12-17(15-5-2-1-3-6-15)14-23(19)9-10-27-22(25)26-23/h1-8,11,13,17H,9-10,12,14H2,(H2,25,26)/t17-,23?/m0/s1. The summed E-state index contributed by atoms with van der Waals surface area (Å²) in [6, 6.07) is 21.9. The second kappa shape index (κ2) is 7.36. The number of thioether (sulfide) groups is 1. The summed E-state index contributed by atoms with van der Waals surface area (Å²) in [5.41, 5.74) is 10.1. The first-order chi connectivity index (χ1) is 13.6. The Bertz CT molecular complexity index is 1040. The minimum atomic E-state index is -0.176. The Morgan fingerprint density at radius 1 is 1.07 bits per heavy atom. The molecule has 1 aliphatic carbocycles. The first-order valence-corrected chi connectivity index (χ1v) is 12.1. The van der Waals surface area contributed by atoms with E-state index in [-0.39, 0.29) is 5.54 Å². The molecule has 1 aliphatic heterocycles. The molecular formula is C23H21BrN2S2. The second-order valence-electron chi connectivity index (χ2n) is 7.55. The van der Waals surface area contributed by atoms with Crippen molar-refractivity contribution in [1.82, 2.24) is 0 Å². The van der Waals surface area contributed by atoms with Crippen molar-refractivity contribution < 1.29 is 0 Å². The molecule has 0 fully saturated rings. The smallest absolute Gasteiger partial charge is 0.154 e. The van der Waals surface area contributed by atoms with Gasteiger partial charge in [0.2, 0.25) is 0 Å². The van der Waals surface area contributed by atoms with Crippen molar-refractivity contribution in [2.24, 2.45) is 10.7 Å². The predicted octanol–water partition coefficient (Wildman–Crippen LogP) is 6.55. The van der Waals surface area contributed by atoms with Crippen molar-refractivity contribution >= 4 is 44.2 Å². The molecule has 2 nitrogen and oxygen atoms in total. The van der Waals surface area contributed by atoms with E-state index in [1.165, 1.54) is 26.4 Å². The number of nitrogens with zero attached hydrogens (tertiary/aromatic N) is 1. The van der Waals surface area contributed by atoms with Crippen LogP contribution in [-0.2, 0) is 12.0 Å². The summed E-state index contributed by atoms with van der Waals surface area (Å²) in [6.07, 6.45) is 3.19. The van der Waals surface area contributed by atoms with E-state index in [1.807, 2.05) is 11.3 Å². The molecule has 0 bridgehead atoms. The number of hydrogen-bond acceptors (Lipinski definition) is 4. The lowest BCUT2D eigenvalue weighted by Gasteiger charge is -2.40. The van der Waals surface area contributed by atoms with Gasteiger partial charge in [-0.05, 0) is 60.1 Å². The van der Waals surface area contributed by atoms with Crippen molar-refractivity contribution in [2.75, 3.05) is 5.75 Å². The van der Waals surface area contributed by atoms with Gasteiger partial charge < -0.3 is 5.73 Å². The van der Waals surface area contributed by atoms with Crippen molar-refractivity contribution in [3.63, 3.8) is 0 Å². The molecule has 0 amide bonds. The van der Waals surface area contributed by atoms with Crippen molar-refractivity contribution in [1.29, 1.82) is 0 Å². The van der Waals surface area contributed by atoms with Gasteiger partial charge in [-0.15, -0.1) is 11.3 Å². The number of nitrogens with two attached hydrogens (primary N) is 1. The molecule has 1 aromatic heterocycles. The third kappa shape index (κ3) is 3.34. The quantitative estimate of drug-likeness (QED) is 0.462. The topological polar surface area (TPSA) is 38.4 Å². The molecule has 1 unspecified atom stereocenters. The molecule has 1 spiro atoms. The average Bonchev–Trinajstić information content (AvgIpc) is 3.14. The van der Waals surface area contributed by atoms with Gasteiger partial charge >= 0.3 is 0 Å². The molecule has 2 aromatic carbocycles. The number of thiophene rings is 1. The molecule has 2 atom stereocenters. The minimum Gasteiger partial charge on any atom is -0.379 e. The number of halogens is 1. The van der Waals surface area contributed by atoms with E-state index in [1.54, 1.807) is 11.8 Å². The maximum atomic E-state index is 6.23. The first kappa shape index (κ1) is 18.5. The molecule has 2 aliphatic rings. The largest absolute Gasteiger partial charge is 0.379 e. The van der Waals surface area contributed by atoms with Gasteiger partial charge in [-0.3, -0.25) is 4.99 Å². The highest BCUT2D eigenvalue weighted by atomic mass is 79.9. The molecule has 142 valence electrons. The van der Waals surface area contributed by atoms with Crippen LogP contribution in [0.25, 0.3) is 10.4 Å². The summed E-state index contributed by atoms with van der Waals surface area (Å²) in [4.78, 5) is 7.87. The summed E-state index contributed by atoms with van der Waals surface area (Å²) in [6.45, 7) is 0. The average molecular weight is 469 g/mol. The van der Waals surface area contributed by atoms with E-state index in [0.717, 1.165) is 34.7 Å². The monoisotopic (exact) mass is 468 g/mol. The minimum absolute atomic E-state index is 0.176. The summed E-state index contributed by atoms with van der Waals surface area (Å²) in [7, 11) is 0. The molecule has 0 saturated heterocycles. The first-order valence-electron chi connectivity index (χ1n) is 9.55. The summed E-state index contributed by atoms with van der Waals surface area (Å²) in [5, 5.41) is 0.737. The summed E-state index contributed by atoms with van der Waals surface area (Å²) >= 11 is 7.23. The van der Waals surface area contributed by atoms with Crippen LogP contribution in [0.5, 0.6) is 0 Å². The molecule has 2 N–H and O–H groups in total. The lowest BCUT2D eigenvalue weighted by Crippen LogP contribution is -2.36. The van der Waals surface area contributed by atoms with Gasteiger partial charge in [0, 0.05) is 20.0 Å². The normalized spacial score (nSPS) is 24.0. The van der Waals surface area contributed by atoms with Crippen LogP contribution in [0.2, 0.25) is 0 Å². The molecule has 5 rings (SSSR count). The van der Waals surface area contributed by atoms with E-state index < -0.39 is 0 Å². The van der Waals surface area contributed by atoms with Gasteiger partial charge in [0.15, 0.2) is 5.17 Å². The Kier molecular flexibility index (Phi) is 4.85. The number of rotatable bonds is 2. The highest BCUT2D eigenvalue weighted by Gasteiger charge is 2.43. The van der Waals surface area contributed by atoms with Crippen LogP contribution < -0.4 is 5.73 Å². The molecule has 28 heavy (non-hydrogen) atoms. The molecule has 2 heterocycles. The van der Waals surface area contributed by atoms with Crippen LogP contribution in [0.3, 0.4) is 0 Å². The summed E-state index contributed by atoms with van der Waals surface area (Å²) < 4.78 is 1.12. The second-order valence-corrected chi connectivity index (χ2v) is 10.7. The fourth-order valence-electron chi connectivity index (χ4n) is 4.50. The third-order valence-corrected chi connectivity index (χ3v) is 8.29. The molecule has 5 heteroatoms. The van der Waals surface area contributed by atoms with Crippen LogP contribution in [0.4, 0.5) is 0 Å². The Morgan fingerprint density at radius 2 is 1.93 bits per heavy atom. The summed E-state index contributed by atoms with van der Waals surface area (Å²) in [5.74, 6) is 1.53. The third-order valence-electron chi connectivity index (χ3n) is 5.80. The number of benzene rings is 2. The zero-order valence-corrected chi connectivity index (χ0v) is 18.6. The van der Waals surface area contributed by atoms with E-state index in [2.05, 4.69) is 76.6 Å². The van der Waals surface area contributed by atoms with Gasteiger partial charge in [-0.1, -0.05) is 70.2 Å². The van der Waals surface area contributed by atoms with Gasteiger partial charge in [0.1, 0.15) is 0 Å². The Morgan fingerprint density at radius 3 is 2.71 bits per heavy atom.